The smallest absolute Gasteiger partial charge is 0.224 e. The SMILES string of the molecule is CC(C)CC(C)(CN)NC(=O)C1CC2C=CC1C2. The molecule has 3 nitrogen and oxygen atoms in total. The molecule has 2 aliphatic carbocycles. The number of amides is 1. The molecule has 2 bridgehead atoms. The molecule has 0 aliphatic heterocycles. The largest absolute Gasteiger partial charge is 0.349 e. The van der Waals surface area contributed by atoms with Gasteiger partial charge < -0.3 is 11.1 Å². The third-order valence-corrected chi connectivity index (χ3v) is 4.35. The zero-order valence-electron chi connectivity index (χ0n) is 11.8. The van der Waals surface area contributed by atoms with Gasteiger partial charge in [-0.15, -0.1) is 0 Å². The van der Waals surface area contributed by atoms with Crippen LogP contribution in [0.2, 0.25) is 0 Å². The fourth-order valence-electron chi connectivity index (χ4n) is 3.56. The van der Waals surface area contributed by atoms with E-state index in [0.717, 1.165) is 12.8 Å². The first-order valence-corrected chi connectivity index (χ1v) is 7.14. The molecule has 0 aromatic carbocycles. The van der Waals surface area contributed by atoms with Crippen LogP contribution < -0.4 is 11.1 Å². The third-order valence-electron chi connectivity index (χ3n) is 4.35. The molecule has 1 fully saturated rings. The van der Waals surface area contributed by atoms with Gasteiger partial charge in [-0.3, -0.25) is 4.79 Å². The maximum atomic E-state index is 12.4. The van der Waals surface area contributed by atoms with E-state index in [0.29, 0.717) is 24.3 Å². The Kier molecular flexibility index (Phi) is 3.81. The number of nitrogens with one attached hydrogen (secondary N) is 1. The van der Waals surface area contributed by atoms with E-state index in [1.54, 1.807) is 0 Å². The number of hydrogen-bond donors (Lipinski definition) is 2. The highest BCUT2D eigenvalue weighted by Gasteiger charge is 2.41. The summed E-state index contributed by atoms with van der Waals surface area (Å²) in [7, 11) is 0. The molecule has 0 saturated heterocycles. The number of rotatable bonds is 5. The van der Waals surface area contributed by atoms with Crippen LogP contribution in [0.4, 0.5) is 0 Å². The fourth-order valence-corrected chi connectivity index (χ4v) is 3.56. The van der Waals surface area contributed by atoms with Crippen LogP contribution in [-0.2, 0) is 4.79 Å². The van der Waals surface area contributed by atoms with Crippen molar-refractivity contribution in [1.29, 1.82) is 0 Å². The summed E-state index contributed by atoms with van der Waals surface area (Å²) in [5.74, 6) is 2.04. The number of carbonyl (C=O) groups excluding carboxylic acids is 1. The first-order valence-electron chi connectivity index (χ1n) is 7.14. The van der Waals surface area contributed by atoms with Crippen molar-refractivity contribution < 1.29 is 4.79 Å². The van der Waals surface area contributed by atoms with Crippen LogP contribution in [0, 0.1) is 23.7 Å². The Labute approximate surface area is 110 Å². The topological polar surface area (TPSA) is 55.1 Å². The molecule has 4 atom stereocenters. The van der Waals surface area contributed by atoms with Gasteiger partial charge in [0.05, 0.1) is 0 Å². The Morgan fingerprint density at radius 2 is 2.17 bits per heavy atom. The van der Waals surface area contributed by atoms with Crippen molar-refractivity contribution >= 4 is 5.91 Å². The summed E-state index contributed by atoms with van der Waals surface area (Å²) >= 11 is 0. The predicted octanol–water partition coefficient (Wildman–Crippen LogP) is 2.08. The van der Waals surface area contributed by atoms with Gasteiger partial charge in [-0.1, -0.05) is 26.0 Å². The summed E-state index contributed by atoms with van der Waals surface area (Å²) in [5.41, 5.74) is 5.60. The minimum atomic E-state index is -0.253. The van der Waals surface area contributed by atoms with Crippen molar-refractivity contribution in [2.24, 2.45) is 29.4 Å². The van der Waals surface area contributed by atoms with E-state index in [4.69, 9.17) is 5.73 Å². The minimum absolute atomic E-state index is 0.179. The molecule has 0 radical (unpaired) electrons. The van der Waals surface area contributed by atoms with Gasteiger partial charge in [0.25, 0.3) is 0 Å². The summed E-state index contributed by atoms with van der Waals surface area (Å²) in [4.78, 5) is 12.4. The molecule has 0 heterocycles. The lowest BCUT2D eigenvalue weighted by Crippen LogP contribution is -2.54. The van der Waals surface area contributed by atoms with Crippen molar-refractivity contribution in [2.45, 2.75) is 45.6 Å². The van der Waals surface area contributed by atoms with E-state index >= 15 is 0 Å². The van der Waals surface area contributed by atoms with Gasteiger partial charge >= 0.3 is 0 Å². The van der Waals surface area contributed by atoms with E-state index in [1.807, 2.05) is 0 Å². The number of carbonyl (C=O) groups is 1. The molecule has 3 N–H and O–H groups in total. The zero-order chi connectivity index (χ0) is 13.3. The van der Waals surface area contributed by atoms with Crippen LogP contribution in [0.15, 0.2) is 12.2 Å². The quantitative estimate of drug-likeness (QED) is 0.734. The predicted molar refractivity (Wildman–Crippen MR) is 73.9 cm³/mol. The van der Waals surface area contributed by atoms with Gasteiger partial charge in [0.2, 0.25) is 5.91 Å². The normalized spacial score (nSPS) is 32.8. The third kappa shape index (κ3) is 2.77. The average molecular weight is 250 g/mol. The Morgan fingerprint density at radius 1 is 1.44 bits per heavy atom. The van der Waals surface area contributed by atoms with E-state index < -0.39 is 0 Å². The highest BCUT2D eigenvalue weighted by atomic mass is 16.2. The van der Waals surface area contributed by atoms with Crippen LogP contribution >= 0.6 is 0 Å². The number of fused-ring (bicyclic) bond motifs is 2. The highest BCUT2D eigenvalue weighted by molar-refractivity contribution is 5.80. The van der Waals surface area contributed by atoms with E-state index in [1.165, 1.54) is 6.42 Å². The Bertz CT molecular complexity index is 350. The lowest BCUT2D eigenvalue weighted by Gasteiger charge is -2.33. The number of hydrogen-bond acceptors (Lipinski definition) is 2. The van der Waals surface area contributed by atoms with Crippen LogP contribution in [-0.4, -0.2) is 18.0 Å². The maximum Gasteiger partial charge on any atom is 0.224 e. The van der Waals surface area contributed by atoms with Gasteiger partial charge in [-0.05, 0) is 43.9 Å². The highest BCUT2D eigenvalue weighted by Crippen LogP contribution is 2.43. The van der Waals surface area contributed by atoms with Crippen LogP contribution in [0.25, 0.3) is 0 Å². The summed E-state index contributed by atoms with van der Waals surface area (Å²) in [5, 5.41) is 3.20. The number of nitrogens with two attached hydrogens (primary N) is 1. The average Bonchev–Trinajstić information content (AvgIpc) is 2.89. The molecule has 1 amide bonds. The van der Waals surface area contributed by atoms with Crippen LogP contribution in [0.5, 0.6) is 0 Å². The van der Waals surface area contributed by atoms with Gasteiger partial charge in [0.15, 0.2) is 0 Å². The molecule has 0 aromatic rings. The van der Waals surface area contributed by atoms with Gasteiger partial charge in [-0.2, -0.15) is 0 Å². The van der Waals surface area contributed by atoms with Crippen molar-refractivity contribution in [3.05, 3.63) is 12.2 Å². The summed E-state index contributed by atoms with van der Waals surface area (Å²) in [6.07, 6.45) is 7.62. The lowest BCUT2D eigenvalue weighted by atomic mass is 9.87. The van der Waals surface area contributed by atoms with Crippen LogP contribution in [0.3, 0.4) is 0 Å². The molecule has 3 heteroatoms. The molecule has 1 saturated carbocycles. The Balaban J connectivity index is 1.95. The van der Waals surface area contributed by atoms with Crippen molar-refractivity contribution in [3.8, 4) is 0 Å². The molecule has 0 aromatic heterocycles. The van der Waals surface area contributed by atoms with E-state index in [9.17, 15) is 4.79 Å². The first-order chi connectivity index (χ1) is 8.43. The standard InChI is InChI=1S/C15H26N2O/c1-10(2)8-15(3,9-16)17-14(18)13-7-11-4-5-12(13)6-11/h4-5,10-13H,6-9,16H2,1-3H3,(H,17,18). The lowest BCUT2D eigenvalue weighted by molar-refractivity contribution is -0.127. The summed E-state index contributed by atoms with van der Waals surface area (Å²) < 4.78 is 0. The molecular formula is C15H26N2O. The zero-order valence-corrected chi connectivity index (χ0v) is 11.8. The van der Waals surface area contributed by atoms with Crippen molar-refractivity contribution in [1.82, 2.24) is 5.32 Å². The number of allylic oxidation sites excluding steroid dienone is 2. The summed E-state index contributed by atoms with van der Waals surface area (Å²) in [6, 6.07) is 0. The molecule has 2 aliphatic rings. The van der Waals surface area contributed by atoms with Crippen molar-refractivity contribution in [3.63, 3.8) is 0 Å². The molecule has 18 heavy (non-hydrogen) atoms. The summed E-state index contributed by atoms with van der Waals surface area (Å²) in [6.45, 7) is 6.90. The van der Waals surface area contributed by atoms with Gasteiger partial charge in [-0.25, -0.2) is 0 Å². The second kappa shape index (κ2) is 5.04. The van der Waals surface area contributed by atoms with Gasteiger partial charge in [0, 0.05) is 18.0 Å². The van der Waals surface area contributed by atoms with E-state index in [2.05, 4.69) is 38.2 Å². The monoisotopic (exact) mass is 250 g/mol. The second-order valence-electron chi connectivity index (χ2n) is 6.74. The first kappa shape index (κ1) is 13.6. The Morgan fingerprint density at radius 3 is 2.61 bits per heavy atom. The molecule has 0 spiro atoms. The Hall–Kier alpha value is -0.830. The minimum Gasteiger partial charge on any atom is -0.349 e. The van der Waals surface area contributed by atoms with Crippen LogP contribution in [0.1, 0.15) is 40.0 Å². The second-order valence-corrected chi connectivity index (χ2v) is 6.74. The molecular weight excluding hydrogens is 224 g/mol. The van der Waals surface area contributed by atoms with Crippen molar-refractivity contribution in [2.75, 3.05) is 6.54 Å². The molecule has 2 rings (SSSR count). The maximum absolute atomic E-state index is 12.4. The molecule has 4 unspecified atom stereocenters. The van der Waals surface area contributed by atoms with Gasteiger partial charge in [0.1, 0.15) is 0 Å². The van der Waals surface area contributed by atoms with E-state index in [-0.39, 0.29) is 17.4 Å². The fraction of sp³-hybridized carbons (Fsp3) is 0.800. The molecule has 102 valence electrons.